The van der Waals surface area contributed by atoms with Gasteiger partial charge < -0.3 is 14.8 Å². The Morgan fingerprint density at radius 1 is 0.958 bits per heavy atom. The van der Waals surface area contributed by atoms with Gasteiger partial charge in [-0.15, -0.1) is 0 Å². The van der Waals surface area contributed by atoms with Crippen molar-refractivity contribution in [2.24, 2.45) is 10.8 Å². The Bertz CT molecular complexity index is 476. The van der Waals surface area contributed by atoms with Crippen molar-refractivity contribution in [2.75, 3.05) is 7.11 Å². The summed E-state index contributed by atoms with van der Waals surface area (Å²) >= 11 is 0. The fourth-order valence-corrected chi connectivity index (χ4v) is 4.15. The van der Waals surface area contributed by atoms with Gasteiger partial charge in [0.1, 0.15) is 6.10 Å². The van der Waals surface area contributed by atoms with Crippen LogP contribution in [0.25, 0.3) is 0 Å². The third-order valence-electron chi connectivity index (χ3n) is 4.60. The van der Waals surface area contributed by atoms with Crippen molar-refractivity contribution in [3.8, 4) is 0 Å². The van der Waals surface area contributed by atoms with E-state index in [9.17, 15) is 9.59 Å². The van der Waals surface area contributed by atoms with Crippen molar-refractivity contribution in [2.45, 2.75) is 91.8 Å². The molecule has 5 nitrogen and oxygen atoms in total. The number of methoxy groups -OCH3 is 1. The van der Waals surface area contributed by atoms with Gasteiger partial charge in [-0.3, -0.25) is 9.59 Å². The minimum atomic E-state index is -0.753. The van der Waals surface area contributed by atoms with Crippen molar-refractivity contribution in [3.05, 3.63) is 0 Å². The van der Waals surface area contributed by atoms with Gasteiger partial charge >= 0.3 is 11.9 Å². The predicted octanol–water partition coefficient (Wildman–Crippen LogP) is 3.45. The molecule has 1 heterocycles. The van der Waals surface area contributed by atoms with Crippen LogP contribution in [0.4, 0.5) is 0 Å². The SMILES string of the molecule is COC(=O)C(C)(C)CC(C)(C)C(=O)OC1CC(C)(C)NC(C)(C)C1. The van der Waals surface area contributed by atoms with Crippen molar-refractivity contribution < 1.29 is 19.1 Å². The van der Waals surface area contributed by atoms with Crippen LogP contribution in [0.5, 0.6) is 0 Å². The fraction of sp³-hybridized carbons (Fsp3) is 0.895. The molecule has 24 heavy (non-hydrogen) atoms. The summed E-state index contributed by atoms with van der Waals surface area (Å²) < 4.78 is 10.7. The van der Waals surface area contributed by atoms with Crippen molar-refractivity contribution in [1.82, 2.24) is 5.32 Å². The monoisotopic (exact) mass is 341 g/mol. The molecular formula is C19H35NO4. The molecule has 140 valence electrons. The molecule has 1 N–H and O–H groups in total. The van der Waals surface area contributed by atoms with E-state index in [1.165, 1.54) is 7.11 Å². The average molecular weight is 341 g/mol. The molecule has 1 saturated heterocycles. The molecule has 1 rings (SSSR count). The molecule has 0 aromatic rings. The zero-order valence-corrected chi connectivity index (χ0v) is 16.8. The number of carbonyl (C=O) groups is 2. The first kappa shape index (κ1) is 20.9. The lowest BCUT2D eigenvalue weighted by molar-refractivity contribution is -0.167. The second-order valence-corrected chi connectivity index (χ2v) is 9.76. The highest BCUT2D eigenvalue weighted by atomic mass is 16.5. The Hall–Kier alpha value is -1.10. The summed E-state index contributed by atoms with van der Waals surface area (Å²) in [6, 6.07) is 0. The van der Waals surface area contributed by atoms with Crippen LogP contribution in [-0.4, -0.2) is 36.2 Å². The molecule has 1 aliphatic rings. The minimum absolute atomic E-state index is 0.0812. The van der Waals surface area contributed by atoms with E-state index < -0.39 is 10.8 Å². The summed E-state index contributed by atoms with van der Waals surface area (Å²) in [7, 11) is 1.37. The molecule has 0 aromatic heterocycles. The van der Waals surface area contributed by atoms with Gasteiger partial charge in [0.2, 0.25) is 0 Å². The molecular weight excluding hydrogens is 306 g/mol. The molecule has 1 aliphatic heterocycles. The van der Waals surface area contributed by atoms with Crippen molar-refractivity contribution in [3.63, 3.8) is 0 Å². The summed E-state index contributed by atoms with van der Waals surface area (Å²) in [5, 5.41) is 3.58. The van der Waals surface area contributed by atoms with Gasteiger partial charge in [0, 0.05) is 23.9 Å². The standard InChI is InChI=1S/C19H35NO4/c1-16(2,14(21)23-9)12-17(3,4)15(22)24-13-10-18(5,6)20-19(7,8)11-13/h13,20H,10-12H2,1-9H3. The van der Waals surface area contributed by atoms with Gasteiger partial charge in [0.25, 0.3) is 0 Å². The highest BCUT2D eigenvalue weighted by molar-refractivity contribution is 5.80. The second kappa shape index (κ2) is 6.66. The zero-order chi connectivity index (χ0) is 19.0. The van der Waals surface area contributed by atoms with Crippen molar-refractivity contribution in [1.29, 1.82) is 0 Å². The first-order valence-electron chi connectivity index (χ1n) is 8.69. The number of rotatable bonds is 5. The van der Waals surface area contributed by atoms with E-state index in [0.29, 0.717) is 6.42 Å². The third kappa shape index (κ3) is 5.47. The van der Waals surface area contributed by atoms with Crippen LogP contribution in [0.3, 0.4) is 0 Å². The molecule has 0 spiro atoms. The Morgan fingerprint density at radius 2 is 1.38 bits per heavy atom. The molecule has 0 unspecified atom stereocenters. The molecule has 0 aliphatic carbocycles. The molecule has 0 saturated carbocycles. The van der Waals surface area contributed by atoms with Gasteiger partial charge in [-0.25, -0.2) is 0 Å². The Balaban J connectivity index is 2.80. The first-order chi connectivity index (χ1) is 10.6. The van der Waals surface area contributed by atoms with E-state index >= 15 is 0 Å². The maximum Gasteiger partial charge on any atom is 0.311 e. The first-order valence-corrected chi connectivity index (χ1v) is 8.69. The van der Waals surface area contributed by atoms with E-state index in [1.54, 1.807) is 13.8 Å². The molecule has 0 amide bonds. The lowest BCUT2D eigenvalue weighted by atomic mass is 9.75. The predicted molar refractivity (Wildman–Crippen MR) is 94.6 cm³/mol. The minimum Gasteiger partial charge on any atom is -0.469 e. The summed E-state index contributed by atoms with van der Waals surface area (Å²) in [6.45, 7) is 15.8. The Morgan fingerprint density at radius 3 is 1.79 bits per heavy atom. The summed E-state index contributed by atoms with van der Waals surface area (Å²) in [5.74, 6) is -0.564. The lowest BCUT2D eigenvalue weighted by Gasteiger charge is -2.46. The normalized spacial score (nSPS) is 21.2. The van der Waals surface area contributed by atoms with E-state index in [0.717, 1.165) is 12.8 Å². The summed E-state index contributed by atoms with van der Waals surface area (Å²) in [4.78, 5) is 24.7. The lowest BCUT2D eigenvalue weighted by Crippen LogP contribution is -2.60. The quantitative estimate of drug-likeness (QED) is 0.776. The molecule has 5 heteroatoms. The summed E-state index contributed by atoms with van der Waals surface area (Å²) in [6.07, 6.45) is 1.81. The van der Waals surface area contributed by atoms with Gasteiger partial charge in [0.15, 0.2) is 0 Å². The Kier molecular flexibility index (Phi) is 5.81. The van der Waals surface area contributed by atoms with Crippen LogP contribution in [0, 0.1) is 10.8 Å². The zero-order valence-electron chi connectivity index (χ0n) is 16.8. The number of carbonyl (C=O) groups excluding carboxylic acids is 2. The third-order valence-corrected chi connectivity index (χ3v) is 4.60. The smallest absolute Gasteiger partial charge is 0.311 e. The van der Waals surface area contributed by atoms with E-state index in [1.807, 2.05) is 13.8 Å². The van der Waals surface area contributed by atoms with Crippen LogP contribution in [0.15, 0.2) is 0 Å². The van der Waals surface area contributed by atoms with Crippen molar-refractivity contribution >= 4 is 11.9 Å². The van der Waals surface area contributed by atoms with Crippen LogP contribution in [-0.2, 0) is 19.1 Å². The van der Waals surface area contributed by atoms with Gasteiger partial charge in [-0.05, 0) is 61.8 Å². The maximum absolute atomic E-state index is 12.7. The highest BCUT2D eigenvalue weighted by Gasteiger charge is 2.44. The van der Waals surface area contributed by atoms with Crippen LogP contribution < -0.4 is 5.32 Å². The van der Waals surface area contributed by atoms with Crippen LogP contribution in [0.2, 0.25) is 0 Å². The molecule has 0 aromatic carbocycles. The summed E-state index contributed by atoms with van der Waals surface area (Å²) in [5.41, 5.74) is -1.65. The number of esters is 2. The molecule has 1 fully saturated rings. The molecule has 0 radical (unpaired) electrons. The highest BCUT2D eigenvalue weighted by Crippen LogP contribution is 2.37. The molecule has 0 atom stereocenters. The van der Waals surface area contributed by atoms with Gasteiger partial charge in [-0.1, -0.05) is 0 Å². The topological polar surface area (TPSA) is 64.6 Å². The van der Waals surface area contributed by atoms with E-state index in [-0.39, 0.29) is 29.1 Å². The average Bonchev–Trinajstić information content (AvgIpc) is 2.32. The largest absolute Gasteiger partial charge is 0.469 e. The number of hydrogen-bond donors (Lipinski definition) is 1. The number of piperidine rings is 1. The number of hydrogen-bond acceptors (Lipinski definition) is 5. The van der Waals surface area contributed by atoms with E-state index in [4.69, 9.17) is 9.47 Å². The number of ether oxygens (including phenoxy) is 2. The second-order valence-electron chi connectivity index (χ2n) is 9.76. The number of nitrogens with one attached hydrogen (secondary N) is 1. The van der Waals surface area contributed by atoms with Crippen LogP contribution in [0.1, 0.15) is 74.7 Å². The van der Waals surface area contributed by atoms with Crippen LogP contribution >= 0.6 is 0 Å². The molecule has 0 bridgehead atoms. The Labute approximate surface area is 146 Å². The van der Waals surface area contributed by atoms with E-state index in [2.05, 4.69) is 33.0 Å². The fourth-order valence-electron chi connectivity index (χ4n) is 4.15. The van der Waals surface area contributed by atoms with Gasteiger partial charge in [0.05, 0.1) is 17.9 Å². The maximum atomic E-state index is 12.7. The van der Waals surface area contributed by atoms with Gasteiger partial charge in [-0.2, -0.15) is 0 Å².